The normalized spacial score (nSPS) is 11.3. The Morgan fingerprint density at radius 1 is 1.33 bits per heavy atom. The van der Waals surface area contributed by atoms with Gasteiger partial charge in [-0.2, -0.15) is 13.2 Å². The van der Waals surface area contributed by atoms with Crippen molar-refractivity contribution in [3.63, 3.8) is 0 Å². The number of hydrogen-bond acceptors (Lipinski definition) is 5. The van der Waals surface area contributed by atoms with Gasteiger partial charge in [0.25, 0.3) is 0 Å². The van der Waals surface area contributed by atoms with Gasteiger partial charge in [-0.15, -0.1) is 16.8 Å². The van der Waals surface area contributed by atoms with Gasteiger partial charge >= 0.3 is 6.18 Å². The standard InChI is InChI=1S/C14H14F3N5OS/c1-2-7-22-12(18)20-21-13(22)24-8-11(23)19-10-5-3-9(4-6-10)14(15,16)17/h2-6H,1,7-8H2,(H2,18,20)(H,19,23). The smallest absolute Gasteiger partial charge is 0.368 e. The molecule has 0 radical (unpaired) electrons. The number of amides is 1. The second kappa shape index (κ2) is 7.39. The third-order valence-corrected chi connectivity index (χ3v) is 3.85. The molecule has 0 aliphatic carbocycles. The summed E-state index contributed by atoms with van der Waals surface area (Å²) in [6, 6.07) is 4.21. The number of carbonyl (C=O) groups is 1. The molecule has 0 atom stereocenters. The highest BCUT2D eigenvalue weighted by atomic mass is 32.2. The number of thioether (sulfide) groups is 1. The molecule has 0 aliphatic rings. The van der Waals surface area contributed by atoms with Crippen molar-refractivity contribution >= 4 is 29.3 Å². The van der Waals surface area contributed by atoms with Crippen molar-refractivity contribution in [3.8, 4) is 0 Å². The van der Waals surface area contributed by atoms with Crippen molar-refractivity contribution in [2.75, 3.05) is 16.8 Å². The number of anilines is 2. The molecule has 128 valence electrons. The molecule has 10 heteroatoms. The number of hydrogen-bond donors (Lipinski definition) is 2. The summed E-state index contributed by atoms with van der Waals surface area (Å²) in [6.07, 6.45) is -2.79. The highest BCUT2D eigenvalue weighted by Gasteiger charge is 2.29. The van der Waals surface area contributed by atoms with Crippen molar-refractivity contribution in [1.29, 1.82) is 0 Å². The summed E-state index contributed by atoms with van der Waals surface area (Å²) in [6.45, 7) is 4.00. The fourth-order valence-electron chi connectivity index (χ4n) is 1.78. The lowest BCUT2D eigenvalue weighted by molar-refractivity contribution is -0.137. The number of carbonyl (C=O) groups excluding carboxylic acids is 1. The Morgan fingerprint density at radius 3 is 2.58 bits per heavy atom. The van der Waals surface area contributed by atoms with Crippen LogP contribution in [0, 0.1) is 0 Å². The van der Waals surface area contributed by atoms with E-state index in [9.17, 15) is 18.0 Å². The van der Waals surface area contributed by atoms with Crippen molar-refractivity contribution in [2.24, 2.45) is 0 Å². The number of allylic oxidation sites excluding steroid dienone is 1. The molecule has 1 amide bonds. The molecule has 0 unspecified atom stereocenters. The molecule has 0 saturated carbocycles. The fourth-order valence-corrected chi connectivity index (χ4v) is 2.53. The summed E-state index contributed by atoms with van der Waals surface area (Å²) < 4.78 is 39.0. The molecule has 0 saturated heterocycles. The van der Waals surface area contributed by atoms with E-state index >= 15 is 0 Å². The maximum absolute atomic E-state index is 12.5. The number of aromatic nitrogens is 3. The molecule has 6 nitrogen and oxygen atoms in total. The molecule has 1 aromatic heterocycles. The monoisotopic (exact) mass is 357 g/mol. The number of halogens is 3. The van der Waals surface area contributed by atoms with E-state index in [4.69, 9.17) is 5.73 Å². The van der Waals surface area contributed by atoms with E-state index in [2.05, 4.69) is 22.1 Å². The third kappa shape index (κ3) is 4.51. The van der Waals surface area contributed by atoms with E-state index in [0.717, 1.165) is 23.9 Å². The molecule has 3 N–H and O–H groups in total. The summed E-state index contributed by atoms with van der Waals surface area (Å²) in [7, 11) is 0. The second-order valence-electron chi connectivity index (χ2n) is 4.65. The van der Waals surface area contributed by atoms with Crippen LogP contribution in [0.1, 0.15) is 5.56 Å². The second-order valence-corrected chi connectivity index (χ2v) is 5.59. The lowest BCUT2D eigenvalue weighted by atomic mass is 10.2. The van der Waals surface area contributed by atoms with Gasteiger partial charge in [0.15, 0.2) is 5.16 Å². The first-order valence-corrected chi connectivity index (χ1v) is 7.69. The minimum Gasteiger partial charge on any atom is -0.368 e. The number of nitrogen functional groups attached to an aromatic ring is 1. The van der Waals surface area contributed by atoms with E-state index in [1.54, 1.807) is 10.6 Å². The Morgan fingerprint density at radius 2 is 2.00 bits per heavy atom. The van der Waals surface area contributed by atoms with Crippen molar-refractivity contribution in [1.82, 2.24) is 14.8 Å². The number of benzene rings is 1. The first-order chi connectivity index (χ1) is 11.3. The Balaban J connectivity index is 1.93. The molecule has 0 bridgehead atoms. The van der Waals surface area contributed by atoms with Crippen LogP contribution in [-0.4, -0.2) is 26.4 Å². The molecule has 2 rings (SSSR count). The summed E-state index contributed by atoms with van der Waals surface area (Å²) in [5.74, 6) is -0.164. The van der Waals surface area contributed by atoms with Gasteiger partial charge in [0.2, 0.25) is 11.9 Å². The minimum absolute atomic E-state index is 0.0102. The van der Waals surface area contributed by atoms with Gasteiger partial charge in [-0.1, -0.05) is 17.8 Å². The van der Waals surface area contributed by atoms with E-state index < -0.39 is 11.7 Å². The van der Waals surface area contributed by atoms with E-state index in [1.165, 1.54) is 12.1 Å². The van der Waals surface area contributed by atoms with Crippen LogP contribution in [0.5, 0.6) is 0 Å². The number of alkyl halides is 3. The van der Waals surface area contributed by atoms with Crippen molar-refractivity contribution in [3.05, 3.63) is 42.5 Å². The highest BCUT2D eigenvalue weighted by Crippen LogP contribution is 2.29. The molecule has 2 aromatic rings. The zero-order valence-corrected chi connectivity index (χ0v) is 13.2. The SMILES string of the molecule is C=CCn1c(N)nnc1SCC(=O)Nc1ccc(C(F)(F)F)cc1. The number of nitrogens with zero attached hydrogens (tertiary/aromatic N) is 3. The largest absolute Gasteiger partial charge is 0.416 e. The zero-order valence-electron chi connectivity index (χ0n) is 12.4. The number of rotatable bonds is 6. The number of nitrogens with one attached hydrogen (secondary N) is 1. The predicted molar refractivity (Wildman–Crippen MR) is 85.4 cm³/mol. The van der Waals surface area contributed by atoms with E-state index in [-0.39, 0.29) is 23.3 Å². The minimum atomic E-state index is -4.41. The topological polar surface area (TPSA) is 85.8 Å². The summed E-state index contributed by atoms with van der Waals surface area (Å²) >= 11 is 1.11. The molecule has 0 fully saturated rings. The van der Waals surface area contributed by atoms with Gasteiger partial charge in [-0.3, -0.25) is 9.36 Å². The van der Waals surface area contributed by atoms with Gasteiger partial charge in [0.1, 0.15) is 0 Å². The molecule has 24 heavy (non-hydrogen) atoms. The maximum atomic E-state index is 12.5. The first kappa shape index (κ1) is 17.9. The van der Waals surface area contributed by atoms with Gasteiger partial charge in [0, 0.05) is 12.2 Å². The van der Waals surface area contributed by atoms with Crippen LogP contribution in [0.15, 0.2) is 42.1 Å². The molecule has 1 heterocycles. The highest BCUT2D eigenvalue weighted by molar-refractivity contribution is 7.99. The Labute approximate surface area is 139 Å². The fraction of sp³-hybridized carbons (Fsp3) is 0.214. The van der Waals surface area contributed by atoms with Crippen LogP contribution < -0.4 is 11.1 Å². The average Bonchev–Trinajstić information content (AvgIpc) is 2.86. The molecule has 0 aliphatic heterocycles. The molecular formula is C14H14F3N5OS. The molecule has 1 aromatic carbocycles. The lowest BCUT2D eigenvalue weighted by Crippen LogP contribution is -2.15. The predicted octanol–water partition coefficient (Wildman–Crippen LogP) is 2.80. The summed E-state index contributed by atoms with van der Waals surface area (Å²) in [4.78, 5) is 11.9. The van der Waals surface area contributed by atoms with Crippen molar-refractivity contribution in [2.45, 2.75) is 17.9 Å². The lowest BCUT2D eigenvalue weighted by Gasteiger charge is -2.09. The first-order valence-electron chi connectivity index (χ1n) is 6.70. The van der Waals surface area contributed by atoms with Gasteiger partial charge in [-0.05, 0) is 24.3 Å². The Kier molecular flexibility index (Phi) is 5.50. The van der Waals surface area contributed by atoms with Crippen LogP contribution in [-0.2, 0) is 17.5 Å². The van der Waals surface area contributed by atoms with Crippen molar-refractivity contribution < 1.29 is 18.0 Å². The third-order valence-electron chi connectivity index (χ3n) is 2.89. The Bertz CT molecular complexity index is 727. The van der Waals surface area contributed by atoms with Gasteiger partial charge < -0.3 is 11.1 Å². The van der Waals surface area contributed by atoms with Gasteiger partial charge in [-0.25, -0.2) is 0 Å². The van der Waals surface area contributed by atoms with Crippen LogP contribution >= 0.6 is 11.8 Å². The molecular weight excluding hydrogens is 343 g/mol. The summed E-state index contributed by atoms with van der Waals surface area (Å²) in [5.41, 5.74) is 5.15. The van der Waals surface area contributed by atoms with Crippen LogP contribution in [0.25, 0.3) is 0 Å². The van der Waals surface area contributed by atoms with E-state index in [1.807, 2.05) is 0 Å². The Hall–Kier alpha value is -2.49. The van der Waals surface area contributed by atoms with Crippen LogP contribution in [0.3, 0.4) is 0 Å². The molecule has 0 spiro atoms. The maximum Gasteiger partial charge on any atom is 0.416 e. The zero-order chi connectivity index (χ0) is 17.7. The summed E-state index contributed by atoms with van der Waals surface area (Å²) in [5, 5.41) is 10.5. The van der Waals surface area contributed by atoms with Gasteiger partial charge in [0.05, 0.1) is 11.3 Å². The number of nitrogens with two attached hydrogens (primary N) is 1. The van der Waals surface area contributed by atoms with Crippen LogP contribution in [0.2, 0.25) is 0 Å². The van der Waals surface area contributed by atoms with Crippen LogP contribution in [0.4, 0.5) is 24.8 Å². The van der Waals surface area contributed by atoms with E-state index in [0.29, 0.717) is 11.7 Å². The average molecular weight is 357 g/mol. The quantitative estimate of drug-likeness (QED) is 0.613.